The molecule has 0 saturated carbocycles. The number of halogens is 1. The highest BCUT2D eigenvalue weighted by atomic mass is 19.1. The van der Waals surface area contributed by atoms with Crippen molar-refractivity contribution < 1.29 is 23.6 Å². The molecular formula is C19H15FN2O4. The second kappa shape index (κ2) is 6.87. The smallest absolute Gasteiger partial charge is 0.264 e. The number of carbonyl (C=O) groups excluding carboxylic acids is 4. The quantitative estimate of drug-likeness (QED) is 0.661. The molecule has 0 unspecified atom stereocenters. The number of ketones is 1. The molecular weight excluding hydrogens is 339 g/mol. The van der Waals surface area contributed by atoms with Gasteiger partial charge in [-0.25, -0.2) is 4.39 Å². The Hall–Kier alpha value is -3.35. The zero-order valence-electron chi connectivity index (χ0n) is 13.9. The van der Waals surface area contributed by atoms with Crippen molar-refractivity contribution in [2.45, 2.75) is 13.3 Å². The van der Waals surface area contributed by atoms with Gasteiger partial charge in [-0.3, -0.25) is 24.1 Å². The van der Waals surface area contributed by atoms with Gasteiger partial charge in [0.2, 0.25) is 5.91 Å². The number of fused-ring (bicyclic) bond motifs is 1. The molecule has 1 aliphatic heterocycles. The molecule has 0 radical (unpaired) electrons. The number of benzene rings is 2. The molecule has 0 bridgehead atoms. The van der Waals surface area contributed by atoms with Gasteiger partial charge in [-0.15, -0.1) is 0 Å². The second-order valence-corrected chi connectivity index (χ2v) is 5.86. The number of rotatable bonds is 5. The van der Waals surface area contributed by atoms with Crippen LogP contribution in [0.2, 0.25) is 0 Å². The Balaban J connectivity index is 1.65. The van der Waals surface area contributed by atoms with Gasteiger partial charge < -0.3 is 5.32 Å². The van der Waals surface area contributed by atoms with Crippen molar-refractivity contribution in [1.29, 1.82) is 0 Å². The van der Waals surface area contributed by atoms with Gasteiger partial charge in [0.15, 0.2) is 5.78 Å². The van der Waals surface area contributed by atoms with Gasteiger partial charge >= 0.3 is 0 Å². The topological polar surface area (TPSA) is 83.6 Å². The first kappa shape index (κ1) is 17.5. The van der Waals surface area contributed by atoms with Crippen LogP contribution in [-0.4, -0.2) is 34.9 Å². The van der Waals surface area contributed by atoms with Gasteiger partial charge in [-0.05, 0) is 31.2 Å². The monoisotopic (exact) mass is 354 g/mol. The van der Waals surface area contributed by atoms with Gasteiger partial charge in [0.25, 0.3) is 11.8 Å². The van der Waals surface area contributed by atoms with Gasteiger partial charge in [0.05, 0.1) is 11.1 Å². The molecule has 26 heavy (non-hydrogen) atoms. The summed E-state index contributed by atoms with van der Waals surface area (Å²) >= 11 is 0. The zero-order valence-corrected chi connectivity index (χ0v) is 13.9. The molecule has 3 amide bonds. The average Bonchev–Trinajstić information content (AvgIpc) is 2.85. The van der Waals surface area contributed by atoms with Crippen molar-refractivity contribution in [3.05, 3.63) is 65.0 Å². The molecule has 3 rings (SSSR count). The summed E-state index contributed by atoms with van der Waals surface area (Å²) < 4.78 is 13.8. The molecule has 0 aliphatic carbocycles. The SMILES string of the molecule is CC(=O)c1cccc(NC(=O)CCN2C(=O)c3cccc(F)c3C2=O)c1. The van der Waals surface area contributed by atoms with Crippen LogP contribution in [0.1, 0.15) is 44.4 Å². The first-order valence-corrected chi connectivity index (χ1v) is 7.94. The fourth-order valence-electron chi connectivity index (χ4n) is 2.75. The van der Waals surface area contributed by atoms with Crippen molar-refractivity contribution in [3.8, 4) is 0 Å². The van der Waals surface area contributed by atoms with Crippen LogP contribution in [0.3, 0.4) is 0 Å². The average molecular weight is 354 g/mol. The largest absolute Gasteiger partial charge is 0.326 e. The minimum absolute atomic E-state index is 0.00423. The number of hydrogen-bond acceptors (Lipinski definition) is 4. The minimum atomic E-state index is -0.756. The van der Waals surface area contributed by atoms with E-state index in [1.54, 1.807) is 18.2 Å². The Morgan fingerprint density at radius 1 is 1.08 bits per heavy atom. The molecule has 0 atom stereocenters. The normalized spacial score (nSPS) is 12.9. The summed E-state index contributed by atoms with van der Waals surface area (Å²) in [6, 6.07) is 10.3. The molecule has 0 aromatic heterocycles. The van der Waals surface area contributed by atoms with E-state index in [9.17, 15) is 23.6 Å². The summed E-state index contributed by atoms with van der Waals surface area (Å²) in [4.78, 5) is 48.7. The van der Waals surface area contributed by atoms with Crippen LogP contribution in [0.25, 0.3) is 0 Å². The standard InChI is InChI=1S/C19H15FN2O4/c1-11(23)12-4-2-5-13(10-12)21-16(24)8-9-22-18(25)14-6-3-7-15(20)17(14)19(22)26/h2-7,10H,8-9H2,1H3,(H,21,24). The number of amides is 3. The minimum Gasteiger partial charge on any atom is -0.326 e. The lowest BCUT2D eigenvalue weighted by atomic mass is 10.1. The molecule has 7 heteroatoms. The van der Waals surface area contributed by atoms with Crippen molar-refractivity contribution in [2.75, 3.05) is 11.9 Å². The van der Waals surface area contributed by atoms with E-state index >= 15 is 0 Å². The lowest BCUT2D eigenvalue weighted by molar-refractivity contribution is -0.116. The number of anilines is 1. The van der Waals surface area contributed by atoms with Crippen molar-refractivity contribution in [1.82, 2.24) is 4.90 Å². The summed E-state index contributed by atoms with van der Waals surface area (Å²) in [5.41, 5.74) is 0.645. The maximum absolute atomic E-state index is 13.8. The fourth-order valence-corrected chi connectivity index (χ4v) is 2.75. The molecule has 1 heterocycles. The highest BCUT2D eigenvalue weighted by Crippen LogP contribution is 2.25. The maximum atomic E-state index is 13.8. The van der Waals surface area contributed by atoms with Crippen LogP contribution in [0, 0.1) is 5.82 Å². The molecule has 0 saturated heterocycles. The van der Waals surface area contributed by atoms with Gasteiger partial charge in [0.1, 0.15) is 5.82 Å². The lowest BCUT2D eigenvalue weighted by Crippen LogP contribution is -2.33. The van der Waals surface area contributed by atoms with Crippen LogP contribution in [0.5, 0.6) is 0 Å². The third-order valence-electron chi connectivity index (χ3n) is 4.06. The Kier molecular flexibility index (Phi) is 4.62. The van der Waals surface area contributed by atoms with Crippen molar-refractivity contribution in [2.24, 2.45) is 0 Å². The third kappa shape index (κ3) is 3.23. The van der Waals surface area contributed by atoms with E-state index in [0.717, 1.165) is 11.0 Å². The van der Waals surface area contributed by atoms with Crippen LogP contribution in [0.15, 0.2) is 42.5 Å². The molecule has 0 fully saturated rings. The first-order chi connectivity index (χ1) is 12.4. The Morgan fingerprint density at radius 3 is 2.50 bits per heavy atom. The molecule has 0 spiro atoms. The summed E-state index contributed by atoms with van der Waals surface area (Å²) in [6.07, 6.45) is -0.141. The highest BCUT2D eigenvalue weighted by molar-refractivity contribution is 6.21. The first-order valence-electron chi connectivity index (χ1n) is 7.94. The van der Waals surface area contributed by atoms with E-state index in [1.165, 1.54) is 25.1 Å². The summed E-state index contributed by atoms with van der Waals surface area (Å²) in [7, 11) is 0. The van der Waals surface area contributed by atoms with Crippen LogP contribution >= 0.6 is 0 Å². The van der Waals surface area contributed by atoms with Gasteiger partial charge in [0, 0.05) is 24.2 Å². The molecule has 132 valence electrons. The lowest BCUT2D eigenvalue weighted by Gasteiger charge is -2.13. The zero-order chi connectivity index (χ0) is 18.8. The summed E-state index contributed by atoms with van der Waals surface area (Å²) in [6.45, 7) is 1.26. The third-order valence-corrected chi connectivity index (χ3v) is 4.06. The highest BCUT2D eigenvalue weighted by Gasteiger charge is 2.37. The van der Waals surface area contributed by atoms with Crippen LogP contribution in [-0.2, 0) is 4.79 Å². The van der Waals surface area contributed by atoms with Gasteiger partial charge in [-0.1, -0.05) is 18.2 Å². The summed E-state index contributed by atoms with van der Waals surface area (Å²) in [5.74, 6) is -2.67. The second-order valence-electron chi connectivity index (χ2n) is 5.86. The van der Waals surface area contributed by atoms with E-state index in [1.807, 2.05) is 0 Å². The van der Waals surface area contributed by atoms with Crippen molar-refractivity contribution >= 4 is 29.2 Å². The summed E-state index contributed by atoms with van der Waals surface area (Å²) in [5, 5.41) is 2.61. The van der Waals surface area contributed by atoms with Crippen LogP contribution < -0.4 is 5.32 Å². The van der Waals surface area contributed by atoms with E-state index < -0.39 is 23.5 Å². The van der Waals surface area contributed by atoms with E-state index in [-0.39, 0.29) is 29.9 Å². The Labute approximate surface area is 148 Å². The van der Waals surface area contributed by atoms with Crippen LogP contribution in [0.4, 0.5) is 10.1 Å². The number of nitrogens with zero attached hydrogens (tertiary/aromatic N) is 1. The predicted octanol–water partition coefficient (Wildman–Crippen LogP) is 2.65. The van der Waals surface area contributed by atoms with E-state index in [2.05, 4.69) is 5.32 Å². The predicted molar refractivity (Wildman–Crippen MR) is 91.5 cm³/mol. The molecule has 1 N–H and O–H groups in total. The number of nitrogens with one attached hydrogen (secondary N) is 1. The van der Waals surface area contributed by atoms with Gasteiger partial charge in [-0.2, -0.15) is 0 Å². The van der Waals surface area contributed by atoms with E-state index in [4.69, 9.17) is 0 Å². The fraction of sp³-hybridized carbons (Fsp3) is 0.158. The number of imide groups is 1. The van der Waals surface area contributed by atoms with Crippen molar-refractivity contribution in [3.63, 3.8) is 0 Å². The number of carbonyl (C=O) groups is 4. The molecule has 2 aromatic rings. The number of hydrogen-bond donors (Lipinski definition) is 1. The van der Waals surface area contributed by atoms with E-state index in [0.29, 0.717) is 11.3 Å². The maximum Gasteiger partial charge on any atom is 0.264 e. The Bertz CT molecular complexity index is 939. The molecule has 1 aliphatic rings. The molecule has 2 aromatic carbocycles. The Morgan fingerprint density at radius 2 is 1.81 bits per heavy atom. The molecule has 6 nitrogen and oxygen atoms in total. The number of Topliss-reactive ketones (excluding diaryl/α,β-unsaturated/α-hetero) is 1.